The third-order valence-electron chi connectivity index (χ3n) is 3.05. The zero-order chi connectivity index (χ0) is 14.7. The molecule has 5 nitrogen and oxygen atoms in total. The van der Waals surface area contributed by atoms with Crippen molar-refractivity contribution in [2.24, 2.45) is 0 Å². The summed E-state index contributed by atoms with van der Waals surface area (Å²) in [5.74, 6) is 2.21. The Labute approximate surface area is 127 Å². The van der Waals surface area contributed by atoms with Crippen molar-refractivity contribution in [2.45, 2.75) is 24.9 Å². The van der Waals surface area contributed by atoms with Crippen LogP contribution < -0.4 is 0 Å². The van der Waals surface area contributed by atoms with Crippen LogP contribution in [0.3, 0.4) is 0 Å². The summed E-state index contributed by atoms with van der Waals surface area (Å²) in [5.41, 5.74) is 2.24. The van der Waals surface area contributed by atoms with Gasteiger partial charge in [0.2, 0.25) is 5.89 Å². The first-order chi connectivity index (χ1) is 10.2. The third-order valence-corrected chi connectivity index (χ3v) is 4.25. The fourth-order valence-electron chi connectivity index (χ4n) is 1.93. The van der Waals surface area contributed by atoms with Gasteiger partial charge in [-0.3, -0.25) is 0 Å². The Balaban J connectivity index is 1.63. The van der Waals surface area contributed by atoms with Crippen LogP contribution in [0, 0.1) is 6.92 Å². The van der Waals surface area contributed by atoms with Crippen molar-refractivity contribution in [3.63, 3.8) is 0 Å². The van der Waals surface area contributed by atoms with E-state index in [4.69, 9.17) is 4.52 Å². The molecule has 0 aliphatic heterocycles. The molecule has 0 aliphatic rings. The van der Waals surface area contributed by atoms with Gasteiger partial charge >= 0.3 is 0 Å². The van der Waals surface area contributed by atoms with E-state index >= 15 is 0 Å². The van der Waals surface area contributed by atoms with E-state index < -0.39 is 0 Å². The molecule has 0 bridgehead atoms. The maximum Gasteiger partial charge on any atom is 0.239 e. The van der Waals surface area contributed by atoms with Crippen molar-refractivity contribution in [3.8, 4) is 5.69 Å². The summed E-state index contributed by atoms with van der Waals surface area (Å²) >= 11 is 1.75. The highest BCUT2D eigenvalue weighted by molar-refractivity contribution is 7.98. The number of aryl methyl sites for hydroxylation is 1. The van der Waals surface area contributed by atoms with Crippen LogP contribution in [0.4, 0.5) is 0 Å². The molecule has 0 saturated heterocycles. The average molecular weight is 300 g/mol. The molecular formula is C15H16N4OS. The summed E-state index contributed by atoms with van der Waals surface area (Å²) < 4.78 is 7.07. The van der Waals surface area contributed by atoms with Crippen molar-refractivity contribution in [1.29, 1.82) is 0 Å². The van der Waals surface area contributed by atoms with Gasteiger partial charge in [-0.05, 0) is 26.0 Å². The molecule has 0 N–H and O–H groups in total. The molecule has 2 heterocycles. The first-order valence-electron chi connectivity index (χ1n) is 6.73. The maximum absolute atomic E-state index is 5.19. The molecule has 108 valence electrons. The number of benzene rings is 1. The van der Waals surface area contributed by atoms with Gasteiger partial charge in [0, 0.05) is 17.5 Å². The molecule has 0 radical (unpaired) electrons. The largest absolute Gasteiger partial charge is 0.338 e. The average Bonchev–Trinajstić information content (AvgIpc) is 3.15. The van der Waals surface area contributed by atoms with E-state index in [1.807, 2.05) is 54.3 Å². The third kappa shape index (κ3) is 3.33. The summed E-state index contributed by atoms with van der Waals surface area (Å²) in [5, 5.41) is 8.39. The molecule has 3 rings (SSSR count). The van der Waals surface area contributed by atoms with Gasteiger partial charge < -0.3 is 4.52 Å². The number of aromatic nitrogens is 4. The molecule has 1 atom stereocenters. The number of para-hydroxylation sites is 1. The minimum absolute atomic E-state index is 0.172. The van der Waals surface area contributed by atoms with Gasteiger partial charge in [-0.25, -0.2) is 4.68 Å². The lowest BCUT2D eigenvalue weighted by molar-refractivity contribution is 0.376. The van der Waals surface area contributed by atoms with Gasteiger partial charge in [0.15, 0.2) is 5.82 Å². The van der Waals surface area contributed by atoms with Crippen LogP contribution in [0.2, 0.25) is 0 Å². The fraction of sp³-hybridized carbons (Fsp3) is 0.267. The molecule has 0 saturated carbocycles. The summed E-state index contributed by atoms with van der Waals surface area (Å²) in [6.45, 7) is 3.90. The number of hydrogen-bond acceptors (Lipinski definition) is 5. The molecular weight excluding hydrogens is 284 g/mol. The van der Waals surface area contributed by atoms with Crippen LogP contribution >= 0.6 is 11.8 Å². The lowest BCUT2D eigenvalue weighted by Gasteiger charge is -2.04. The zero-order valence-electron chi connectivity index (χ0n) is 11.9. The molecule has 3 aromatic rings. The van der Waals surface area contributed by atoms with E-state index in [1.165, 1.54) is 5.56 Å². The van der Waals surface area contributed by atoms with Crippen LogP contribution in [0.1, 0.15) is 29.5 Å². The first kappa shape index (κ1) is 13.9. The fourth-order valence-corrected chi connectivity index (χ4v) is 2.76. The maximum atomic E-state index is 5.19. The second-order valence-corrected chi connectivity index (χ2v) is 6.09. The van der Waals surface area contributed by atoms with Gasteiger partial charge in [0.05, 0.1) is 17.1 Å². The minimum atomic E-state index is 0.172. The second-order valence-electron chi connectivity index (χ2n) is 4.76. The standard InChI is InChI=1S/C15H16N4OS/c1-11(15-17-12(2)18-20-15)21-10-13-8-16-19(9-13)14-6-4-3-5-7-14/h3-9,11H,10H2,1-2H3. The summed E-state index contributed by atoms with van der Waals surface area (Å²) in [6.07, 6.45) is 3.94. The molecule has 0 amide bonds. The Morgan fingerprint density at radius 1 is 1.29 bits per heavy atom. The molecule has 6 heteroatoms. The van der Waals surface area contributed by atoms with Crippen molar-refractivity contribution in [1.82, 2.24) is 19.9 Å². The van der Waals surface area contributed by atoms with Crippen molar-refractivity contribution >= 4 is 11.8 Å². The van der Waals surface area contributed by atoms with E-state index in [2.05, 4.69) is 22.2 Å². The summed E-state index contributed by atoms with van der Waals surface area (Å²) in [7, 11) is 0. The minimum Gasteiger partial charge on any atom is -0.338 e. The Morgan fingerprint density at radius 3 is 2.81 bits per heavy atom. The van der Waals surface area contributed by atoms with E-state index in [9.17, 15) is 0 Å². The highest BCUT2D eigenvalue weighted by atomic mass is 32.2. The van der Waals surface area contributed by atoms with Gasteiger partial charge in [-0.2, -0.15) is 10.1 Å². The topological polar surface area (TPSA) is 56.7 Å². The van der Waals surface area contributed by atoms with E-state index in [-0.39, 0.29) is 5.25 Å². The van der Waals surface area contributed by atoms with Crippen LogP contribution in [0.15, 0.2) is 47.2 Å². The molecule has 1 aromatic carbocycles. The highest BCUT2D eigenvalue weighted by Crippen LogP contribution is 2.29. The van der Waals surface area contributed by atoms with Crippen molar-refractivity contribution in [3.05, 3.63) is 60.0 Å². The molecule has 1 unspecified atom stereocenters. The smallest absolute Gasteiger partial charge is 0.239 e. The zero-order valence-corrected chi connectivity index (χ0v) is 12.7. The lowest BCUT2D eigenvalue weighted by Crippen LogP contribution is -1.93. The molecule has 0 spiro atoms. The van der Waals surface area contributed by atoms with Crippen LogP contribution in [-0.2, 0) is 5.75 Å². The Bertz CT molecular complexity index is 707. The monoisotopic (exact) mass is 300 g/mol. The predicted octanol–water partition coefficient (Wildman–Crippen LogP) is 3.56. The van der Waals surface area contributed by atoms with E-state index in [0.29, 0.717) is 11.7 Å². The van der Waals surface area contributed by atoms with Gasteiger partial charge in [-0.1, -0.05) is 23.4 Å². The SMILES string of the molecule is Cc1noc(C(C)SCc2cnn(-c3ccccc3)c2)n1. The van der Waals surface area contributed by atoms with Crippen molar-refractivity contribution in [2.75, 3.05) is 0 Å². The highest BCUT2D eigenvalue weighted by Gasteiger charge is 2.13. The van der Waals surface area contributed by atoms with Crippen LogP contribution in [0.5, 0.6) is 0 Å². The van der Waals surface area contributed by atoms with Crippen molar-refractivity contribution < 1.29 is 4.52 Å². The molecule has 0 aliphatic carbocycles. The van der Waals surface area contributed by atoms with Crippen LogP contribution in [0.25, 0.3) is 5.69 Å². The summed E-state index contributed by atoms with van der Waals surface area (Å²) in [4.78, 5) is 4.26. The van der Waals surface area contributed by atoms with Crippen LogP contribution in [-0.4, -0.2) is 19.9 Å². The van der Waals surface area contributed by atoms with E-state index in [1.54, 1.807) is 11.8 Å². The molecule has 2 aromatic heterocycles. The predicted molar refractivity (Wildman–Crippen MR) is 82.3 cm³/mol. The van der Waals surface area contributed by atoms with Gasteiger partial charge in [0.25, 0.3) is 0 Å². The van der Waals surface area contributed by atoms with Gasteiger partial charge in [0.1, 0.15) is 0 Å². The number of hydrogen-bond donors (Lipinski definition) is 0. The van der Waals surface area contributed by atoms with E-state index in [0.717, 1.165) is 11.4 Å². The number of nitrogens with zero attached hydrogens (tertiary/aromatic N) is 4. The Kier molecular flexibility index (Phi) is 4.06. The quantitative estimate of drug-likeness (QED) is 0.721. The lowest BCUT2D eigenvalue weighted by atomic mass is 10.3. The normalized spacial score (nSPS) is 12.5. The number of rotatable bonds is 5. The molecule has 0 fully saturated rings. The Hall–Kier alpha value is -2.08. The molecule has 21 heavy (non-hydrogen) atoms. The Morgan fingerprint density at radius 2 is 2.10 bits per heavy atom. The number of thioether (sulfide) groups is 1. The second kappa shape index (κ2) is 6.13. The summed E-state index contributed by atoms with van der Waals surface area (Å²) in [6, 6.07) is 10.1. The first-order valence-corrected chi connectivity index (χ1v) is 7.78. The van der Waals surface area contributed by atoms with Gasteiger partial charge in [-0.15, -0.1) is 11.8 Å².